The topological polar surface area (TPSA) is 32.5 Å². The molecule has 0 saturated heterocycles. The third-order valence-corrected chi connectivity index (χ3v) is 4.05. The molecule has 0 aromatic heterocycles. The summed E-state index contributed by atoms with van der Waals surface area (Å²) in [7, 11) is 0. The maximum Gasteiger partial charge on any atom is 0.0399 e. The van der Waals surface area contributed by atoms with Crippen LogP contribution in [0.1, 0.15) is 39.7 Å². The molecule has 0 amide bonds. The van der Waals surface area contributed by atoms with Gasteiger partial charge in [-0.25, -0.2) is 0 Å². The van der Waals surface area contributed by atoms with Crippen molar-refractivity contribution in [2.45, 2.75) is 46.6 Å². The van der Waals surface area contributed by atoms with Crippen LogP contribution < -0.4 is 10.6 Å². The third-order valence-electron chi connectivity index (χ3n) is 4.05. The van der Waals surface area contributed by atoms with Crippen molar-refractivity contribution in [3.8, 4) is 0 Å². The zero-order chi connectivity index (χ0) is 15.7. The first-order chi connectivity index (χ1) is 10.1. The fourth-order valence-electron chi connectivity index (χ4n) is 2.81. The summed E-state index contributed by atoms with van der Waals surface area (Å²) in [4.78, 5) is 4.98. The second-order valence-electron chi connectivity index (χ2n) is 5.77. The number of hydrogen-bond donors (Lipinski definition) is 1. The van der Waals surface area contributed by atoms with Crippen molar-refractivity contribution in [1.29, 1.82) is 0 Å². The second-order valence-corrected chi connectivity index (χ2v) is 5.77. The van der Waals surface area contributed by atoms with Crippen molar-refractivity contribution in [2.24, 2.45) is 5.73 Å². The molecule has 21 heavy (non-hydrogen) atoms. The molecule has 0 fully saturated rings. The molecule has 0 saturated carbocycles. The average Bonchev–Trinajstić information content (AvgIpc) is 2.48. The predicted molar refractivity (Wildman–Crippen MR) is 94.1 cm³/mol. The Labute approximate surface area is 131 Å². The van der Waals surface area contributed by atoms with Crippen LogP contribution in [0, 0.1) is 0 Å². The summed E-state index contributed by atoms with van der Waals surface area (Å²) in [6.07, 6.45) is 2.16. The zero-order valence-electron chi connectivity index (χ0n) is 14.3. The number of rotatable bonds is 10. The summed E-state index contributed by atoms with van der Waals surface area (Å²) in [6.45, 7) is 14.4. The van der Waals surface area contributed by atoms with E-state index in [1.807, 2.05) is 0 Å². The van der Waals surface area contributed by atoms with Crippen LogP contribution in [0.15, 0.2) is 24.3 Å². The van der Waals surface area contributed by atoms with Gasteiger partial charge in [-0.15, -0.1) is 0 Å². The molecule has 0 heterocycles. The van der Waals surface area contributed by atoms with E-state index in [0.717, 1.165) is 32.6 Å². The quantitative estimate of drug-likeness (QED) is 0.719. The van der Waals surface area contributed by atoms with Crippen molar-refractivity contribution in [3.63, 3.8) is 0 Å². The lowest BCUT2D eigenvalue weighted by Crippen LogP contribution is -2.31. The molecule has 0 aliphatic rings. The molecule has 0 aliphatic carbocycles. The van der Waals surface area contributed by atoms with E-state index < -0.39 is 0 Å². The van der Waals surface area contributed by atoms with Crippen LogP contribution in [0.3, 0.4) is 0 Å². The molecule has 120 valence electrons. The highest BCUT2D eigenvalue weighted by Gasteiger charge is 2.11. The Balaban J connectivity index is 2.67. The molecular formula is C18H33N3. The lowest BCUT2D eigenvalue weighted by atomic mass is 10.0. The van der Waals surface area contributed by atoms with Crippen LogP contribution in [0.2, 0.25) is 0 Å². The van der Waals surface area contributed by atoms with Crippen molar-refractivity contribution in [2.75, 3.05) is 37.6 Å². The van der Waals surface area contributed by atoms with Gasteiger partial charge in [-0.2, -0.15) is 0 Å². The van der Waals surface area contributed by atoms with Gasteiger partial charge in [0.1, 0.15) is 0 Å². The number of hydrogen-bond acceptors (Lipinski definition) is 3. The standard InChI is InChI=1S/C18H33N3/c1-5-20(6-2)13-10-14-21(7-3)18-12-9-8-11-17(18)15-16(4)19/h8-9,11-12,16H,5-7,10,13-15,19H2,1-4H3. The Morgan fingerprint density at radius 2 is 1.67 bits per heavy atom. The number of benzene rings is 1. The van der Waals surface area contributed by atoms with Crippen LogP contribution in [0.25, 0.3) is 0 Å². The lowest BCUT2D eigenvalue weighted by Gasteiger charge is -2.27. The largest absolute Gasteiger partial charge is 0.372 e. The Hall–Kier alpha value is -1.06. The van der Waals surface area contributed by atoms with Crippen LogP contribution >= 0.6 is 0 Å². The molecule has 2 N–H and O–H groups in total. The molecule has 3 heteroatoms. The fourth-order valence-corrected chi connectivity index (χ4v) is 2.81. The Morgan fingerprint density at radius 1 is 1.00 bits per heavy atom. The lowest BCUT2D eigenvalue weighted by molar-refractivity contribution is 0.300. The summed E-state index contributed by atoms with van der Waals surface area (Å²) in [5.41, 5.74) is 8.72. The summed E-state index contributed by atoms with van der Waals surface area (Å²) in [5, 5.41) is 0. The summed E-state index contributed by atoms with van der Waals surface area (Å²) in [5.74, 6) is 0. The van der Waals surface area contributed by atoms with Crippen molar-refractivity contribution >= 4 is 5.69 Å². The second kappa shape index (κ2) is 9.80. The Bertz CT molecular complexity index is 386. The third kappa shape index (κ3) is 6.06. The van der Waals surface area contributed by atoms with E-state index in [1.165, 1.54) is 24.2 Å². The predicted octanol–water partition coefficient (Wildman–Crippen LogP) is 3.13. The molecule has 1 aromatic carbocycles. The molecule has 1 aromatic rings. The van der Waals surface area contributed by atoms with E-state index in [1.54, 1.807) is 0 Å². The maximum absolute atomic E-state index is 5.99. The first-order valence-electron chi connectivity index (χ1n) is 8.43. The first kappa shape index (κ1) is 18.0. The van der Waals surface area contributed by atoms with Crippen LogP contribution in [0.4, 0.5) is 5.69 Å². The van der Waals surface area contributed by atoms with Gasteiger partial charge in [-0.3, -0.25) is 0 Å². The Morgan fingerprint density at radius 3 is 2.24 bits per heavy atom. The Kier molecular flexibility index (Phi) is 8.40. The summed E-state index contributed by atoms with van der Waals surface area (Å²) < 4.78 is 0. The summed E-state index contributed by atoms with van der Waals surface area (Å²) >= 11 is 0. The minimum Gasteiger partial charge on any atom is -0.372 e. The maximum atomic E-state index is 5.99. The van der Waals surface area contributed by atoms with Crippen molar-refractivity contribution < 1.29 is 0 Å². The van der Waals surface area contributed by atoms with Gasteiger partial charge in [-0.05, 0) is 58.0 Å². The molecular weight excluding hydrogens is 258 g/mol. The number of anilines is 1. The molecule has 0 bridgehead atoms. The van der Waals surface area contributed by atoms with E-state index in [0.29, 0.717) is 0 Å². The highest BCUT2D eigenvalue weighted by Crippen LogP contribution is 2.21. The zero-order valence-corrected chi connectivity index (χ0v) is 14.3. The number of para-hydroxylation sites is 1. The monoisotopic (exact) mass is 291 g/mol. The summed E-state index contributed by atoms with van der Waals surface area (Å²) in [6, 6.07) is 8.91. The van der Waals surface area contributed by atoms with Gasteiger partial charge < -0.3 is 15.5 Å². The minimum atomic E-state index is 0.209. The molecule has 1 unspecified atom stereocenters. The normalized spacial score (nSPS) is 12.7. The fraction of sp³-hybridized carbons (Fsp3) is 0.667. The SMILES string of the molecule is CCN(CC)CCCN(CC)c1ccccc1CC(C)N. The highest BCUT2D eigenvalue weighted by atomic mass is 15.1. The highest BCUT2D eigenvalue weighted by molar-refractivity contribution is 5.53. The van der Waals surface area contributed by atoms with Gasteiger partial charge in [0.25, 0.3) is 0 Å². The van der Waals surface area contributed by atoms with Crippen LogP contribution in [0.5, 0.6) is 0 Å². The molecule has 0 aliphatic heterocycles. The molecule has 0 radical (unpaired) electrons. The average molecular weight is 291 g/mol. The van der Waals surface area contributed by atoms with Gasteiger partial charge in [0.2, 0.25) is 0 Å². The van der Waals surface area contributed by atoms with Gasteiger partial charge >= 0.3 is 0 Å². The van der Waals surface area contributed by atoms with E-state index in [-0.39, 0.29) is 6.04 Å². The minimum absolute atomic E-state index is 0.209. The van der Waals surface area contributed by atoms with Gasteiger partial charge in [0.05, 0.1) is 0 Å². The van der Waals surface area contributed by atoms with E-state index in [9.17, 15) is 0 Å². The molecule has 1 atom stereocenters. The van der Waals surface area contributed by atoms with E-state index >= 15 is 0 Å². The van der Waals surface area contributed by atoms with Crippen molar-refractivity contribution in [1.82, 2.24) is 4.90 Å². The van der Waals surface area contributed by atoms with Crippen LogP contribution in [-0.2, 0) is 6.42 Å². The van der Waals surface area contributed by atoms with Crippen molar-refractivity contribution in [3.05, 3.63) is 29.8 Å². The van der Waals surface area contributed by atoms with Gasteiger partial charge in [0, 0.05) is 24.8 Å². The van der Waals surface area contributed by atoms with Crippen LogP contribution in [-0.4, -0.2) is 43.7 Å². The van der Waals surface area contributed by atoms with Gasteiger partial charge in [0.15, 0.2) is 0 Å². The number of nitrogens with two attached hydrogens (primary N) is 1. The number of nitrogens with zero attached hydrogens (tertiary/aromatic N) is 2. The molecule has 3 nitrogen and oxygen atoms in total. The molecule has 1 rings (SSSR count). The smallest absolute Gasteiger partial charge is 0.0399 e. The van der Waals surface area contributed by atoms with E-state index in [2.05, 4.69) is 61.8 Å². The molecule has 0 spiro atoms. The van der Waals surface area contributed by atoms with E-state index in [4.69, 9.17) is 5.73 Å². The van der Waals surface area contributed by atoms with Gasteiger partial charge in [-0.1, -0.05) is 32.0 Å². The first-order valence-corrected chi connectivity index (χ1v) is 8.43.